The molecule has 0 bridgehead atoms. The number of nitrogens with one attached hydrogen (secondary N) is 1. The number of amides is 2. The molecule has 2 amide bonds. The van der Waals surface area contributed by atoms with Crippen molar-refractivity contribution in [3.05, 3.63) is 28.8 Å². The summed E-state index contributed by atoms with van der Waals surface area (Å²) in [6, 6.07) is 4.39. The molecule has 1 saturated heterocycles. The van der Waals surface area contributed by atoms with Crippen LogP contribution in [0.4, 0.5) is 5.69 Å². The quantitative estimate of drug-likeness (QED) is 0.860. The lowest BCUT2D eigenvalue weighted by Crippen LogP contribution is -2.44. The first-order chi connectivity index (χ1) is 10.9. The van der Waals surface area contributed by atoms with Crippen LogP contribution in [0.15, 0.2) is 12.1 Å². The lowest BCUT2D eigenvalue weighted by molar-refractivity contribution is -0.137. The molecule has 0 radical (unpaired) electrons. The summed E-state index contributed by atoms with van der Waals surface area (Å²) >= 11 is 0. The van der Waals surface area contributed by atoms with Crippen molar-refractivity contribution < 1.29 is 9.59 Å². The molecule has 126 valence electrons. The average Bonchev–Trinajstić information content (AvgIpc) is 2.50. The van der Waals surface area contributed by atoms with E-state index in [1.54, 1.807) is 0 Å². The normalized spacial score (nSPS) is 17.9. The molecule has 1 aromatic rings. The zero-order valence-corrected chi connectivity index (χ0v) is 14.7. The zero-order valence-electron chi connectivity index (χ0n) is 14.7. The number of hydrogen-bond acceptors (Lipinski definition) is 2. The smallest absolute Gasteiger partial charge is 0.233 e. The van der Waals surface area contributed by atoms with E-state index in [1.165, 1.54) is 12.0 Å². The first-order valence-corrected chi connectivity index (χ1v) is 8.59. The Hall–Kier alpha value is -1.84. The number of likely N-dealkylation sites (tertiary alicyclic amines) is 1. The number of benzene rings is 1. The van der Waals surface area contributed by atoms with Gasteiger partial charge >= 0.3 is 0 Å². The van der Waals surface area contributed by atoms with Gasteiger partial charge in [0.25, 0.3) is 0 Å². The molecule has 1 unspecified atom stereocenters. The minimum Gasteiger partial charge on any atom is -0.339 e. The monoisotopic (exact) mass is 316 g/mol. The van der Waals surface area contributed by atoms with Crippen molar-refractivity contribution in [1.82, 2.24) is 4.90 Å². The maximum atomic E-state index is 12.5. The molecule has 23 heavy (non-hydrogen) atoms. The Kier molecular flexibility index (Phi) is 5.80. The van der Waals surface area contributed by atoms with Gasteiger partial charge in [-0.15, -0.1) is 0 Å². The molecule has 1 N–H and O–H groups in total. The van der Waals surface area contributed by atoms with Crippen LogP contribution in [0.3, 0.4) is 0 Å². The predicted molar refractivity (Wildman–Crippen MR) is 93.5 cm³/mol. The fraction of sp³-hybridized carbons (Fsp3) is 0.579. The van der Waals surface area contributed by atoms with Crippen LogP contribution in [0.5, 0.6) is 0 Å². The highest BCUT2D eigenvalue weighted by molar-refractivity contribution is 6.04. The highest BCUT2D eigenvalue weighted by Gasteiger charge is 2.26. The molecule has 4 heteroatoms. The number of rotatable bonds is 4. The first-order valence-electron chi connectivity index (χ1n) is 8.59. The van der Waals surface area contributed by atoms with Crippen LogP contribution in [0.25, 0.3) is 0 Å². The van der Waals surface area contributed by atoms with Gasteiger partial charge in [0.2, 0.25) is 11.8 Å². The third kappa shape index (κ3) is 4.34. The van der Waals surface area contributed by atoms with E-state index in [2.05, 4.69) is 12.2 Å². The number of carbonyl (C=O) groups excluding carboxylic acids is 2. The van der Waals surface area contributed by atoms with Crippen LogP contribution in [-0.4, -0.2) is 29.3 Å². The average molecular weight is 316 g/mol. The van der Waals surface area contributed by atoms with E-state index in [4.69, 9.17) is 0 Å². The summed E-state index contributed by atoms with van der Waals surface area (Å²) in [5, 5.41) is 2.92. The summed E-state index contributed by atoms with van der Waals surface area (Å²) < 4.78 is 0. The van der Waals surface area contributed by atoms with Crippen LogP contribution >= 0.6 is 0 Å². The lowest BCUT2D eigenvalue weighted by Gasteiger charge is -2.35. The van der Waals surface area contributed by atoms with Gasteiger partial charge in [-0.3, -0.25) is 9.59 Å². The van der Waals surface area contributed by atoms with Gasteiger partial charge in [0.15, 0.2) is 0 Å². The van der Waals surface area contributed by atoms with Gasteiger partial charge in [0.05, 0.1) is 0 Å². The molecule has 1 aromatic carbocycles. The number of hydrogen-bond donors (Lipinski definition) is 1. The summed E-state index contributed by atoms with van der Waals surface area (Å²) in [4.78, 5) is 26.6. The van der Waals surface area contributed by atoms with E-state index >= 15 is 0 Å². The van der Waals surface area contributed by atoms with Gasteiger partial charge in [-0.1, -0.05) is 24.6 Å². The standard InChI is InChI=1S/C19H28N2O2/c1-5-16-8-6-7-9-21(16)18(23)12-17(22)20-19-14(3)10-13(2)11-15(19)4/h10-11,16H,5-9,12H2,1-4H3,(H,20,22). The van der Waals surface area contributed by atoms with E-state index in [1.807, 2.05) is 37.8 Å². The van der Waals surface area contributed by atoms with E-state index in [-0.39, 0.29) is 18.2 Å². The predicted octanol–water partition coefficient (Wildman–Crippen LogP) is 3.73. The van der Waals surface area contributed by atoms with Crippen molar-refractivity contribution >= 4 is 17.5 Å². The van der Waals surface area contributed by atoms with Crippen molar-refractivity contribution in [3.63, 3.8) is 0 Å². The van der Waals surface area contributed by atoms with Crippen LogP contribution in [0.1, 0.15) is 55.7 Å². The van der Waals surface area contributed by atoms with Gasteiger partial charge in [0.1, 0.15) is 6.42 Å². The Labute approximate surface area is 139 Å². The van der Waals surface area contributed by atoms with Gasteiger partial charge in [0, 0.05) is 18.3 Å². The second-order valence-corrected chi connectivity index (χ2v) is 6.64. The fourth-order valence-corrected chi connectivity index (χ4v) is 3.55. The third-order valence-electron chi connectivity index (χ3n) is 4.67. The van der Waals surface area contributed by atoms with E-state index in [0.717, 1.165) is 42.6 Å². The Bertz CT molecular complexity index is 572. The summed E-state index contributed by atoms with van der Waals surface area (Å²) in [5.74, 6) is -0.262. The van der Waals surface area contributed by atoms with Crippen molar-refractivity contribution in [2.75, 3.05) is 11.9 Å². The molecular weight excluding hydrogens is 288 g/mol. The topological polar surface area (TPSA) is 49.4 Å². The molecular formula is C19H28N2O2. The summed E-state index contributed by atoms with van der Waals surface area (Å²) in [7, 11) is 0. The molecule has 0 spiro atoms. The molecule has 0 saturated carbocycles. The molecule has 2 rings (SSSR count). The van der Waals surface area contributed by atoms with Crippen LogP contribution < -0.4 is 5.32 Å². The van der Waals surface area contributed by atoms with Crippen molar-refractivity contribution in [3.8, 4) is 0 Å². The Morgan fingerprint density at radius 3 is 2.43 bits per heavy atom. The van der Waals surface area contributed by atoms with Crippen molar-refractivity contribution in [1.29, 1.82) is 0 Å². The van der Waals surface area contributed by atoms with Gasteiger partial charge < -0.3 is 10.2 Å². The maximum absolute atomic E-state index is 12.5. The minimum absolute atomic E-state index is 0.0449. The molecule has 1 aliphatic heterocycles. The molecule has 4 nitrogen and oxygen atoms in total. The Balaban J connectivity index is 2.00. The molecule has 1 fully saturated rings. The van der Waals surface area contributed by atoms with E-state index in [9.17, 15) is 9.59 Å². The highest BCUT2D eigenvalue weighted by Crippen LogP contribution is 2.23. The second-order valence-electron chi connectivity index (χ2n) is 6.64. The number of aryl methyl sites for hydroxylation is 3. The number of nitrogens with zero attached hydrogens (tertiary/aromatic N) is 1. The first kappa shape index (κ1) is 17.5. The van der Waals surface area contributed by atoms with Crippen LogP contribution in [-0.2, 0) is 9.59 Å². The maximum Gasteiger partial charge on any atom is 0.233 e. The second kappa shape index (κ2) is 7.62. The molecule has 1 aliphatic rings. The Morgan fingerprint density at radius 1 is 1.17 bits per heavy atom. The lowest BCUT2D eigenvalue weighted by atomic mass is 9.99. The Morgan fingerprint density at radius 2 is 1.83 bits per heavy atom. The number of anilines is 1. The summed E-state index contributed by atoms with van der Waals surface area (Å²) in [5.41, 5.74) is 4.08. The summed E-state index contributed by atoms with van der Waals surface area (Å²) in [6.45, 7) is 8.89. The molecule has 0 aliphatic carbocycles. The van der Waals surface area contributed by atoms with Gasteiger partial charge in [-0.2, -0.15) is 0 Å². The number of piperidine rings is 1. The van der Waals surface area contributed by atoms with Crippen LogP contribution in [0, 0.1) is 20.8 Å². The molecule has 1 atom stereocenters. The van der Waals surface area contributed by atoms with Gasteiger partial charge in [-0.05, 0) is 57.6 Å². The van der Waals surface area contributed by atoms with Crippen molar-refractivity contribution in [2.45, 2.75) is 65.8 Å². The van der Waals surface area contributed by atoms with E-state index in [0.29, 0.717) is 6.04 Å². The largest absolute Gasteiger partial charge is 0.339 e. The van der Waals surface area contributed by atoms with Gasteiger partial charge in [-0.25, -0.2) is 0 Å². The number of carbonyl (C=O) groups is 2. The van der Waals surface area contributed by atoms with Crippen LogP contribution in [0.2, 0.25) is 0 Å². The van der Waals surface area contributed by atoms with E-state index < -0.39 is 0 Å². The minimum atomic E-state index is -0.217. The molecule has 1 heterocycles. The molecule has 0 aromatic heterocycles. The fourth-order valence-electron chi connectivity index (χ4n) is 3.55. The zero-order chi connectivity index (χ0) is 17.0. The third-order valence-corrected chi connectivity index (χ3v) is 4.67. The van der Waals surface area contributed by atoms with Crippen molar-refractivity contribution in [2.24, 2.45) is 0 Å². The summed E-state index contributed by atoms with van der Waals surface area (Å²) in [6.07, 6.45) is 4.17. The SMILES string of the molecule is CCC1CCCCN1C(=O)CC(=O)Nc1c(C)cc(C)cc1C. The highest BCUT2D eigenvalue weighted by atomic mass is 16.2.